The predicted octanol–water partition coefficient (Wildman–Crippen LogP) is 3.15. The van der Waals surface area contributed by atoms with Gasteiger partial charge in [0, 0.05) is 31.3 Å². The Morgan fingerprint density at radius 3 is 2.85 bits per heavy atom. The molecular formula is C20H22F2N4O. The van der Waals surface area contributed by atoms with Crippen LogP contribution in [0.4, 0.5) is 14.6 Å². The van der Waals surface area contributed by atoms with Crippen molar-refractivity contribution in [3.63, 3.8) is 0 Å². The van der Waals surface area contributed by atoms with E-state index in [2.05, 4.69) is 9.88 Å². The van der Waals surface area contributed by atoms with E-state index in [1.165, 1.54) is 12.1 Å². The smallest absolute Gasteiger partial charge is 0.215 e. The quantitative estimate of drug-likeness (QED) is 0.780. The van der Waals surface area contributed by atoms with Gasteiger partial charge in [0.1, 0.15) is 24.9 Å². The van der Waals surface area contributed by atoms with Crippen molar-refractivity contribution in [1.82, 2.24) is 9.88 Å². The van der Waals surface area contributed by atoms with Crippen molar-refractivity contribution in [3.05, 3.63) is 53.3 Å². The molecule has 1 aliphatic heterocycles. The maximum Gasteiger partial charge on any atom is 0.215 e. The molecule has 142 valence electrons. The number of likely N-dealkylation sites (N-methyl/N-ethyl adjacent to an activating group) is 1. The average molecular weight is 372 g/mol. The van der Waals surface area contributed by atoms with Crippen molar-refractivity contribution in [2.24, 2.45) is 0 Å². The first-order valence-electron chi connectivity index (χ1n) is 8.98. The molecule has 0 bridgehead atoms. The first kappa shape index (κ1) is 19.1. The zero-order chi connectivity index (χ0) is 19.2. The molecule has 0 saturated carbocycles. The molecule has 2 aromatic rings. The van der Waals surface area contributed by atoms with Crippen LogP contribution < -0.4 is 9.64 Å². The molecule has 0 spiro atoms. The Morgan fingerprint density at radius 2 is 2.15 bits per heavy atom. The van der Waals surface area contributed by atoms with Gasteiger partial charge in [0.15, 0.2) is 0 Å². The lowest BCUT2D eigenvalue weighted by molar-refractivity contribution is 0.156. The fourth-order valence-electron chi connectivity index (χ4n) is 3.21. The zero-order valence-electron chi connectivity index (χ0n) is 15.2. The van der Waals surface area contributed by atoms with Crippen LogP contribution in [0.1, 0.15) is 18.1 Å². The Labute approximate surface area is 157 Å². The molecule has 1 fully saturated rings. The van der Waals surface area contributed by atoms with Gasteiger partial charge in [-0.05, 0) is 24.7 Å². The molecule has 2 heterocycles. The molecule has 0 N–H and O–H groups in total. The Balaban J connectivity index is 1.66. The first-order chi connectivity index (χ1) is 13.1. The minimum absolute atomic E-state index is 0.0186. The Morgan fingerprint density at radius 1 is 1.30 bits per heavy atom. The molecule has 1 aromatic carbocycles. The maximum absolute atomic E-state index is 14.0. The summed E-state index contributed by atoms with van der Waals surface area (Å²) in [6.45, 7) is 4.62. The van der Waals surface area contributed by atoms with Crippen molar-refractivity contribution >= 4 is 5.82 Å². The van der Waals surface area contributed by atoms with Crippen LogP contribution in [0.5, 0.6) is 5.88 Å². The van der Waals surface area contributed by atoms with Crippen LogP contribution in [-0.2, 0) is 6.61 Å². The summed E-state index contributed by atoms with van der Waals surface area (Å²) in [5.41, 5.74) is 0.625. The van der Waals surface area contributed by atoms with Crippen molar-refractivity contribution in [1.29, 1.82) is 5.26 Å². The second kappa shape index (κ2) is 8.78. The second-order valence-electron chi connectivity index (χ2n) is 6.42. The number of halogens is 2. The molecule has 1 aromatic heterocycles. The average Bonchev–Trinajstić information content (AvgIpc) is 2.72. The summed E-state index contributed by atoms with van der Waals surface area (Å²) in [5.74, 6) is 0.625. The molecule has 1 atom stereocenters. The number of anilines is 1. The number of pyridine rings is 1. The van der Waals surface area contributed by atoms with Crippen LogP contribution in [0.15, 0.2) is 36.4 Å². The van der Waals surface area contributed by atoms with Crippen LogP contribution in [0.3, 0.4) is 0 Å². The summed E-state index contributed by atoms with van der Waals surface area (Å²) >= 11 is 0. The van der Waals surface area contributed by atoms with E-state index in [-0.39, 0.29) is 18.2 Å². The van der Waals surface area contributed by atoms with Crippen molar-refractivity contribution in [3.8, 4) is 11.9 Å². The van der Waals surface area contributed by atoms with Gasteiger partial charge in [-0.25, -0.2) is 8.78 Å². The number of aromatic nitrogens is 1. The van der Waals surface area contributed by atoms with Crippen molar-refractivity contribution in [2.75, 3.05) is 37.8 Å². The lowest BCUT2D eigenvalue weighted by atomic mass is 10.1. The minimum Gasteiger partial charge on any atom is -0.473 e. The molecular weight excluding hydrogens is 350 g/mol. The van der Waals surface area contributed by atoms with E-state index in [0.717, 1.165) is 25.5 Å². The fourth-order valence-corrected chi connectivity index (χ4v) is 3.21. The highest BCUT2D eigenvalue weighted by Crippen LogP contribution is 2.21. The molecule has 0 amide bonds. The maximum atomic E-state index is 14.0. The Bertz CT molecular complexity index is 824. The lowest BCUT2D eigenvalue weighted by Crippen LogP contribution is -2.54. The third kappa shape index (κ3) is 4.52. The number of nitrogens with zero attached hydrogens (tertiary/aromatic N) is 4. The van der Waals surface area contributed by atoms with Gasteiger partial charge < -0.3 is 9.64 Å². The van der Waals surface area contributed by atoms with E-state index in [1.807, 2.05) is 30.0 Å². The van der Waals surface area contributed by atoms with Gasteiger partial charge in [0.05, 0.1) is 17.7 Å². The van der Waals surface area contributed by atoms with Gasteiger partial charge >= 0.3 is 0 Å². The van der Waals surface area contributed by atoms with E-state index in [1.54, 1.807) is 12.1 Å². The van der Waals surface area contributed by atoms with Crippen LogP contribution in [0.25, 0.3) is 0 Å². The van der Waals surface area contributed by atoms with Crippen molar-refractivity contribution in [2.45, 2.75) is 19.6 Å². The van der Waals surface area contributed by atoms with Gasteiger partial charge in [-0.15, -0.1) is 0 Å². The number of nitriles is 1. The van der Waals surface area contributed by atoms with Crippen LogP contribution in [0.2, 0.25) is 0 Å². The van der Waals surface area contributed by atoms with Gasteiger partial charge in [-0.1, -0.05) is 19.1 Å². The van der Waals surface area contributed by atoms with E-state index in [0.29, 0.717) is 18.0 Å². The standard InChI is InChI=1S/C20H22F2N4O/c1-2-25-8-9-26(13-17(25)11-21)19-4-3-5-20(24-19)27-14-16-7-6-15(12-23)10-18(16)22/h3-7,10,17H,2,8-9,11,13-14H2,1H3/t17-/m0/s1. The molecule has 0 unspecified atom stereocenters. The van der Waals surface area contributed by atoms with Gasteiger partial charge in [0.2, 0.25) is 5.88 Å². The molecule has 5 nitrogen and oxygen atoms in total. The summed E-state index contributed by atoms with van der Waals surface area (Å²) in [6, 6.07) is 11.4. The Hall–Kier alpha value is -2.72. The van der Waals surface area contributed by atoms with E-state index < -0.39 is 12.5 Å². The normalized spacial score (nSPS) is 17.6. The summed E-state index contributed by atoms with van der Waals surface area (Å²) < 4.78 is 32.9. The highest BCUT2D eigenvalue weighted by molar-refractivity contribution is 5.41. The molecule has 0 aliphatic carbocycles. The number of rotatable bonds is 6. The SMILES string of the molecule is CCN1CCN(c2cccc(OCc3ccc(C#N)cc3F)n2)C[C@@H]1CF. The number of hydrogen-bond acceptors (Lipinski definition) is 5. The van der Waals surface area contributed by atoms with Gasteiger partial charge in [-0.2, -0.15) is 10.2 Å². The van der Waals surface area contributed by atoms with E-state index in [9.17, 15) is 8.78 Å². The zero-order valence-corrected chi connectivity index (χ0v) is 15.2. The number of piperazine rings is 1. The third-order valence-corrected chi connectivity index (χ3v) is 4.78. The predicted molar refractivity (Wildman–Crippen MR) is 98.9 cm³/mol. The van der Waals surface area contributed by atoms with Crippen LogP contribution in [-0.4, -0.2) is 48.8 Å². The van der Waals surface area contributed by atoms with Crippen molar-refractivity contribution < 1.29 is 13.5 Å². The number of hydrogen-bond donors (Lipinski definition) is 0. The number of ether oxygens (including phenoxy) is 1. The Kier molecular flexibility index (Phi) is 6.20. The monoisotopic (exact) mass is 372 g/mol. The molecule has 1 aliphatic rings. The third-order valence-electron chi connectivity index (χ3n) is 4.78. The molecule has 27 heavy (non-hydrogen) atoms. The second-order valence-corrected chi connectivity index (χ2v) is 6.42. The minimum atomic E-state index is -0.480. The topological polar surface area (TPSA) is 52.4 Å². The number of alkyl halides is 1. The van der Waals surface area contributed by atoms with Gasteiger partial charge in [0.25, 0.3) is 0 Å². The van der Waals surface area contributed by atoms with E-state index >= 15 is 0 Å². The number of benzene rings is 1. The fraction of sp³-hybridized carbons (Fsp3) is 0.400. The van der Waals surface area contributed by atoms with Gasteiger partial charge in [-0.3, -0.25) is 4.90 Å². The van der Waals surface area contributed by atoms with Crippen LogP contribution >= 0.6 is 0 Å². The van der Waals surface area contributed by atoms with E-state index in [4.69, 9.17) is 10.00 Å². The summed E-state index contributed by atoms with van der Waals surface area (Å²) in [7, 11) is 0. The largest absolute Gasteiger partial charge is 0.473 e. The first-order valence-corrected chi connectivity index (χ1v) is 8.98. The molecule has 7 heteroatoms. The summed E-state index contributed by atoms with van der Waals surface area (Å²) in [4.78, 5) is 8.66. The lowest BCUT2D eigenvalue weighted by Gasteiger charge is -2.40. The van der Waals surface area contributed by atoms with Crippen LogP contribution in [0, 0.1) is 17.1 Å². The highest BCUT2D eigenvalue weighted by atomic mass is 19.1. The summed E-state index contributed by atoms with van der Waals surface area (Å²) in [6.07, 6.45) is 0. The molecule has 1 saturated heterocycles. The highest BCUT2D eigenvalue weighted by Gasteiger charge is 2.26. The molecule has 3 rings (SSSR count). The molecule has 0 radical (unpaired) electrons. The summed E-state index contributed by atoms with van der Waals surface area (Å²) in [5, 5.41) is 8.79.